The van der Waals surface area contributed by atoms with Gasteiger partial charge in [0.05, 0.1) is 0 Å². The number of alkyl halides is 3. The van der Waals surface area contributed by atoms with Gasteiger partial charge >= 0.3 is 6.18 Å². The number of nitrogens with one attached hydrogen (secondary N) is 1. The van der Waals surface area contributed by atoms with Crippen LogP contribution in [0.5, 0.6) is 0 Å². The van der Waals surface area contributed by atoms with Crippen LogP contribution in [0.25, 0.3) is 0 Å². The minimum Gasteiger partial charge on any atom is -0.314 e. The number of rotatable bonds is 4. The number of hydrogen-bond acceptors (Lipinski definition) is 2. The lowest BCUT2D eigenvalue weighted by molar-refractivity contribution is -0.138. The smallest absolute Gasteiger partial charge is 0.314 e. The molecule has 1 N–H and O–H groups in total. The van der Waals surface area contributed by atoms with Gasteiger partial charge in [-0.15, -0.1) is 12.4 Å². The average molecular weight is 399 g/mol. The van der Waals surface area contributed by atoms with Crippen molar-refractivity contribution >= 4 is 12.4 Å². The van der Waals surface area contributed by atoms with E-state index >= 15 is 0 Å². The molecule has 2 nitrogen and oxygen atoms in total. The van der Waals surface area contributed by atoms with E-state index in [1.165, 1.54) is 4.90 Å². The van der Waals surface area contributed by atoms with Crippen molar-refractivity contribution in [1.29, 1.82) is 0 Å². The van der Waals surface area contributed by atoms with Crippen molar-refractivity contribution in [2.24, 2.45) is 0 Å². The Balaban J connectivity index is 0.00000312. The van der Waals surface area contributed by atoms with E-state index in [2.05, 4.69) is 5.32 Å². The third kappa shape index (κ3) is 4.95. The summed E-state index contributed by atoms with van der Waals surface area (Å²) in [5.74, 6) is -10.8. The highest BCUT2D eigenvalue weighted by atomic mass is 35.5. The summed E-state index contributed by atoms with van der Waals surface area (Å²) in [6.07, 6.45) is -6.82. The van der Waals surface area contributed by atoms with E-state index in [0.717, 1.165) is 0 Å². The highest BCUT2D eigenvalue weighted by Gasteiger charge is 2.36. The average Bonchev–Trinajstić information content (AvgIpc) is 2.54. The molecule has 1 aliphatic heterocycles. The molecule has 0 radical (unpaired) electrons. The molecule has 144 valence electrons. The third-order valence-electron chi connectivity index (χ3n) is 3.87. The van der Waals surface area contributed by atoms with Crippen LogP contribution in [0.2, 0.25) is 0 Å². The first-order chi connectivity index (χ1) is 11.1. The zero-order valence-corrected chi connectivity index (χ0v) is 13.5. The molecule has 1 fully saturated rings. The van der Waals surface area contributed by atoms with E-state index in [1.54, 1.807) is 0 Å². The maximum atomic E-state index is 14.0. The van der Waals surface area contributed by atoms with E-state index in [1.807, 2.05) is 0 Å². The lowest BCUT2D eigenvalue weighted by Gasteiger charge is -2.35. The predicted molar refractivity (Wildman–Crippen MR) is 76.0 cm³/mol. The molecule has 0 spiro atoms. The van der Waals surface area contributed by atoms with Crippen molar-refractivity contribution in [3.8, 4) is 0 Å². The van der Waals surface area contributed by atoms with Gasteiger partial charge in [-0.1, -0.05) is 0 Å². The van der Waals surface area contributed by atoms with Gasteiger partial charge in [-0.25, -0.2) is 22.0 Å². The van der Waals surface area contributed by atoms with E-state index in [0.29, 0.717) is 13.1 Å². The molecule has 1 saturated heterocycles. The van der Waals surface area contributed by atoms with Crippen molar-refractivity contribution in [2.75, 3.05) is 26.2 Å². The molecule has 2 rings (SSSR count). The summed E-state index contributed by atoms with van der Waals surface area (Å²) in [7, 11) is 0. The lowest BCUT2D eigenvalue weighted by atomic mass is 9.97. The van der Waals surface area contributed by atoms with E-state index in [4.69, 9.17) is 0 Å². The fraction of sp³-hybridized carbons (Fsp3) is 0.571. The Bertz CT molecular complexity index is 572. The maximum absolute atomic E-state index is 14.0. The number of piperazine rings is 1. The molecular formula is C14H15ClF8N2. The van der Waals surface area contributed by atoms with Gasteiger partial charge in [-0.2, -0.15) is 13.2 Å². The topological polar surface area (TPSA) is 15.3 Å². The standard InChI is InChI=1S/C14H14F8N2.ClH/c15-9-8(10(16)12(18)13(19)11(9)17)7(1-2-14(20,21)22)24-5-3-23-4-6-24;/h7,23H,1-6H2;1H/t7-;/m1./s1. The van der Waals surface area contributed by atoms with Crippen molar-refractivity contribution < 1.29 is 35.1 Å². The minimum absolute atomic E-state index is 0. The van der Waals surface area contributed by atoms with Gasteiger partial charge in [-0.3, -0.25) is 4.90 Å². The monoisotopic (exact) mass is 398 g/mol. The molecule has 25 heavy (non-hydrogen) atoms. The Labute approximate surface area is 144 Å². The Hall–Kier alpha value is -1.13. The zero-order chi connectivity index (χ0) is 18.1. The summed E-state index contributed by atoms with van der Waals surface area (Å²) in [5.41, 5.74) is -1.21. The quantitative estimate of drug-likeness (QED) is 0.467. The van der Waals surface area contributed by atoms with Crippen molar-refractivity contribution in [1.82, 2.24) is 10.2 Å². The van der Waals surface area contributed by atoms with Gasteiger partial charge in [0.15, 0.2) is 23.3 Å². The fourth-order valence-corrected chi connectivity index (χ4v) is 2.72. The number of benzene rings is 1. The number of halogens is 9. The van der Waals surface area contributed by atoms with Gasteiger partial charge in [0.25, 0.3) is 0 Å². The maximum Gasteiger partial charge on any atom is 0.389 e. The van der Waals surface area contributed by atoms with Crippen molar-refractivity contribution in [3.63, 3.8) is 0 Å². The summed E-state index contributed by atoms with van der Waals surface area (Å²) >= 11 is 0. The molecule has 0 aliphatic carbocycles. The van der Waals surface area contributed by atoms with Crippen LogP contribution in [0.1, 0.15) is 24.4 Å². The highest BCUT2D eigenvalue weighted by Crippen LogP contribution is 2.36. The second kappa shape index (κ2) is 8.50. The Morgan fingerprint density at radius 3 is 1.72 bits per heavy atom. The molecule has 0 saturated carbocycles. The molecule has 1 aliphatic rings. The molecule has 1 atom stereocenters. The Morgan fingerprint density at radius 1 is 0.840 bits per heavy atom. The van der Waals surface area contributed by atoms with Crippen LogP contribution in [0.4, 0.5) is 35.1 Å². The molecular weight excluding hydrogens is 384 g/mol. The predicted octanol–water partition coefficient (Wildman–Crippen LogP) is 4.09. The zero-order valence-electron chi connectivity index (χ0n) is 12.7. The Kier molecular flexibility index (Phi) is 7.45. The SMILES string of the molecule is Cl.Fc1c(F)c(F)c([C@@H](CCC(F)(F)F)N2CCNCC2)c(F)c1F. The van der Waals surface area contributed by atoms with Crippen LogP contribution >= 0.6 is 12.4 Å². The van der Waals surface area contributed by atoms with Gasteiger partial charge in [-0.05, 0) is 6.42 Å². The van der Waals surface area contributed by atoms with Crippen LogP contribution in [0.3, 0.4) is 0 Å². The third-order valence-corrected chi connectivity index (χ3v) is 3.87. The molecule has 0 bridgehead atoms. The summed E-state index contributed by atoms with van der Waals surface area (Å²) in [6, 6.07) is -1.56. The van der Waals surface area contributed by atoms with Crippen LogP contribution in [0, 0.1) is 29.1 Å². The molecule has 11 heteroatoms. The second-order valence-electron chi connectivity index (χ2n) is 5.44. The van der Waals surface area contributed by atoms with Crippen molar-refractivity contribution in [3.05, 3.63) is 34.6 Å². The van der Waals surface area contributed by atoms with Crippen LogP contribution in [-0.4, -0.2) is 37.3 Å². The fourth-order valence-electron chi connectivity index (χ4n) is 2.72. The molecule has 0 aromatic heterocycles. The van der Waals surface area contributed by atoms with Crippen LogP contribution in [0.15, 0.2) is 0 Å². The largest absolute Gasteiger partial charge is 0.389 e. The minimum atomic E-state index is -4.61. The normalized spacial score (nSPS) is 17.3. The second-order valence-corrected chi connectivity index (χ2v) is 5.44. The van der Waals surface area contributed by atoms with Crippen LogP contribution < -0.4 is 5.32 Å². The van der Waals surface area contributed by atoms with E-state index in [-0.39, 0.29) is 25.5 Å². The summed E-state index contributed by atoms with van der Waals surface area (Å²) in [6.45, 7) is 0.917. The van der Waals surface area contributed by atoms with Gasteiger partial charge < -0.3 is 5.32 Å². The summed E-state index contributed by atoms with van der Waals surface area (Å²) < 4.78 is 105. The van der Waals surface area contributed by atoms with Gasteiger partial charge in [0.1, 0.15) is 0 Å². The first-order valence-electron chi connectivity index (χ1n) is 7.16. The van der Waals surface area contributed by atoms with Crippen LogP contribution in [-0.2, 0) is 0 Å². The molecule has 0 unspecified atom stereocenters. The van der Waals surface area contributed by atoms with Crippen molar-refractivity contribution in [2.45, 2.75) is 25.1 Å². The first kappa shape index (κ1) is 21.9. The van der Waals surface area contributed by atoms with E-state index in [9.17, 15) is 35.1 Å². The molecule has 1 aromatic carbocycles. The molecule has 0 amide bonds. The first-order valence-corrected chi connectivity index (χ1v) is 7.16. The molecule has 1 heterocycles. The molecule has 1 aromatic rings. The summed E-state index contributed by atoms with van der Waals surface area (Å²) in [4.78, 5) is 1.29. The van der Waals surface area contributed by atoms with Gasteiger partial charge in [0, 0.05) is 44.2 Å². The number of nitrogens with zero attached hydrogens (tertiary/aromatic N) is 1. The highest BCUT2D eigenvalue weighted by molar-refractivity contribution is 5.85. The number of hydrogen-bond donors (Lipinski definition) is 1. The Morgan fingerprint density at radius 2 is 1.28 bits per heavy atom. The van der Waals surface area contributed by atoms with Gasteiger partial charge in [0.2, 0.25) is 5.82 Å². The summed E-state index contributed by atoms with van der Waals surface area (Å²) in [5, 5.41) is 2.89. The van der Waals surface area contributed by atoms with E-state index < -0.39 is 59.7 Å². The lowest BCUT2D eigenvalue weighted by Crippen LogP contribution is -2.45.